The number of hydrogen-bond acceptors (Lipinski definition) is 6. The molecule has 3 unspecified atom stereocenters. The smallest absolute Gasteiger partial charge is 0.325 e. The Bertz CT molecular complexity index is 927. The molecule has 2 aromatic rings. The normalized spacial score (nSPS) is 13.8. The summed E-state index contributed by atoms with van der Waals surface area (Å²) in [5.41, 5.74) is 7.13. The molecule has 1 aromatic heterocycles. The van der Waals surface area contributed by atoms with E-state index in [-0.39, 0.29) is 6.42 Å². The van der Waals surface area contributed by atoms with Gasteiger partial charge in [-0.05, 0) is 18.6 Å². The molecule has 0 saturated heterocycles. The number of aromatic amines is 1. The topological polar surface area (TPSA) is 187 Å². The van der Waals surface area contributed by atoms with E-state index in [1.54, 1.807) is 6.20 Å². The zero-order valence-electron chi connectivity index (χ0n) is 16.3. The molecule has 0 radical (unpaired) electrons. The van der Waals surface area contributed by atoms with Crippen molar-refractivity contribution in [3.63, 3.8) is 0 Å². The van der Waals surface area contributed by atoms with Gasteiger partial charge in [0.15, 0.2) is 0 Å². The van der Waals surface area contributed by atoms with E-state index in [2.05, 4.69) is 20.9 Å². The van der Waals surface area contributed by atoms with Gasteiger partial charge in [-0.3, -0.25) is 19.2 Å². The summed E-state index contributed by atoms with van der Waals surface area (Å²) in [5.74, 6) is -3.28. The van der Waals surface area contributed by atoms with Crippen molar-refractivity contribution in [3.05, 3.63) is 36.0 Å². The number of carboxylic acids is 1. The molecular weight excluding hydrogens is 394 g/mol. The Morgan fingerprint density at radius 3 is 2.50 bits per heavy atom. The molecule has 30 heavy (non-hydrogen) atoms. The van der Waals surface area contributed by atoms with Crippen LogP contribution in [0.3, 0.4) is 0 Å². The number of carbonyl (C=O) groups is 4. The van der Waals surface area contributed by atoms with Crippen molar-refractivity contribution in [2.45, 2.75) is 31.5 Å². The zero-order chi connectivity index (χ0) is 22.3. The number of para-hydroxylation sites is 1. The van der Waals surface area contributed by atoms with Crippen molar-refractivity contribution < 1.29 is 29.4 Å². The Morgan fingerprint density at radius 1 is 1.13 bits per heavy atom. The number of hydrogen-bond donors (Lipinski definition) is 7. The van der Waals surface area contributed by atoms with Crippen molar-refractivity contribution in [1.29, 1.82) is 0 Å². The van der Waals surface area contributed by atoms with Crippen LogP contribution < -0.4 is 21.7 Å². The van der Waals surface area contributed by atoms with Crippen molar-refractivity contribution in [2.24, 2.45) is 5.73 Å². The van der Waals surface area contributed by atoms with Crippen LogP contribution in [0.15, 0.2) is 30.5 Å². The second kappa shape index (κ2) is 10.4. The van der Waals surface area contributed by atoms with Gasteiger partial charge in [0.25, 0.3) is 0 Å². The summed E-state index contributed by atoms with van der Waals surface area (Å²) in [5, 5.41) is 25.8. The predicted molar refractivity (Wildman–Crippen MR) is 107 cm³/mol. The molecule has 0 saturated carbocycles. The first kappa shape index (κ1) is 22.8. The molecule has 0 aliphatic carbocycles. The Hall–Kier alpha value is -3.44. The maximum atomic E-state index is 12.6. The van der Waals surface area contributed by atoms with Gasteiger partial charge < -0.3 is 36.9 Å². The molecule has 2 rings (SSSR count). The molecule has 8 N–H and O–H groups in total. The van der Waals surface area contributed by atoms with E-state index in [0.717, 1.165) is 16.5 Å². The van der Waals surface area contributed by atoms with Gasteiger partial charge in [0.05, 0.1) is 13.2 Å². The lowest BCUT2D eigenvalue weighted by Gasteiger charge is -2.20. The van der Waals surface area contributed by atoms with Gasteiger partial charge in [-0.2, -0.15) is 0 Å². The Balaban J connectivity index is 2.10. The number of carbonyl (C=O) groups excluding carboxylic acids is 3. The lowest BCUT2D eigenvalue weighted by molar-refractivity contribution is -0.141. The maximum absolute atomic E-state index is 12.6. The van der Waals surface area contributed by atoms with Gasteiger partial charge in [-0.1, -0.05) is 18.2 Å². The van der Waals surface area contributed by atoms with Crippen molar-refractivity contribution >= 4 is 34.6 Å². The quantitative estimate of drug-likeness (QED) is 0.237. The molecule has 0 fully saturated rings. The van der Waals surface area contributed by atoms with E-state index in [1.165, 1.54) is 6.92 Å². The first-order chi connectivity index (χ1) is 14.2. The summed E-state index contributed by atoms with van der Waals surface area (Å²) in [7, 11) is 0. The van der Waals surface area contributed by atoms with Crippen LogP contribution in [0.5, 0.6) is 0 Å². The van der Waals surface area contributed by atoms with Crippen molar-refractivity contribution in [2.75, 3.05) is 13.2 Å². The van der Waals surface area contributed by atoms with Crippen LogP contribution in [0.2, 0.25) is 0 Å². The van der Waals surface area contributed by atoms with Crippen LogP contribution >= 0.6 is 0 Å². The van der Waals surface area contributed by atoms with Gasteiger partial charge >= 0.3 is 5.97 Å². The lowest BCUT2D eigenvalue weighted by Crippen LogP contribution is -2.54. The van der Waals surface area contributed by atoms with Gasteiger partial charge in [-0.25, -0.2) is 0 Å². The summed E-state index contributed by atoms with van der Waals surface area (Å²) >= 11 is 0. The molecule has 0 bridgehead atoms. The average molecular weight is 419 g/mol. The first-order valence-corrected chi connectivity index (χ1v) is 9.24. The molecular formula is C19H25N5O6. The highest BCUT2D eigenvalue weighted by atomic mass is 16.4. The van der Waals surface area contributed by atoms with Crippen LogP contribution in [0, 0.1) is 0 Å². The summed E-state index contributed by atoms with van der Waals surface area (Å²) in [4.78, 5) is 50.4. The second-order valence-corrected chi connectivity index (χ2v) is 6.76. The lowest BCUT2D eigenvalue weighted by atomic mass is 10.0. The number of nitrogens with two attached hydrogens (primary N) is 1. The van der Waals surface area contributed by atoms with E-state index in [4.69, 9.17) is 15.9 Å². The van der Waals surface area contributed by atoms with Crippen LogP contribution in [0.1, 0.15) is 12.5 Å². The van der Waals surface area contributed by atoms with Crippen LogP contribution in [0.4, 0.5) is 0 Å². The minimum Gasteiger partial charge on any atom is -0.480 e. The number of fused-ring (bicyclic) bond motifs is 1. The van der Waals surface area contributed by atoms with Crippen molar-refractivity contribution in [3.8, 4) is 0 Å². The van der Waals surface area contributed by atoms with E-state index in [0.29, 0.717) is 0 Å². The number of aliphatic hydroxyl groups excluding tert-OH is 1. The number of nitrogens with one attached hydrogen (secondary N) is 4. The van der Waals surface area contributed by atoms with Gasteiger partial charge in [0.1, 0.15) is 18.1 Å². The van der Waals surface area contributed by atoms with E-state index in [9.17, 15) is 19.2 Å². The van der Waals surface area contributed by atoms with E-state index < -0.39 is 55.0 Å². The highest BCUT2D eigenvalue weighted by Crippen LogP contribution is 2.19. The fourth-order valence-corrected chi connectivity index (χ4v) is 2.74. The third-order valence-corrected chi connectivity index (χ3v) is 4.44. The molecule has 11 nitrogen and oxygen atoms in total. The number of aliphatic hydroxyl groups is 1. The summed E-state index contributed by atoms with van der Waals surface area (Å²) in [6.07, 6.45) is 1.82. The summed E-state index contributed by atoms with van der Waals surface area (Å²) in [6, 6.07) is 4.02. The largest absolute Gasteiger partial charge is 0.480 e. The molecule has 1 heterocycles. The number of rotatable bonds is 10. The fourth-order valence-electron chi connectivity index (χ4n) is 2.74. The molecule has 3 amide bonds. The summed E-state index contributed by atoms with van der Waals surface area (Å²) < 4.78 is 0. The number of aromatic nitrogens is 1. The highest BCUT2D eigenvalue weighted by Gasteiger charge is 2.25. The molecule has 3 atom stereocenters. The maximum Gasteiger partial charge on any atom is 0.325 e. The third-order valence-electron chi connectivity index (χ3n) is 4.44. The molecule has 0 aliphatic heterocycles. The van der Waals surface area contributed by atoms with Gasteiger partial charge in [0.2, 0.25) is 17.7 Å². The van der Waals surface area contributed by atoms with Crippen LogP contribution in [-0.2, 0) is 25.6 Å². The Kier molecular flexibility index (Phi) is 7.90. The average Bonchev–Trinajstić information content (AvgIpc) is 3.13. The standard InChI is InChI=1S/C19H25N5O6/c1-10(19(29)30)23-16(26)8-22-18(28)15(24-17(27)13(20)9-25)6-11-7-21-14-5-3-2-4-12(11)14/h2-5,7,10,13,15,21,25H,6,8-9,20H2,1H3,(H,22,28)(H,23,26)(H,24,27)(H,29,30). The van der Waals surface area contributed by atoms with Crippen LogP contribution in [0.25, 0.3) is 10.9 Å². The number of carboxylic acid groups (broad SMARTS) is 1. The second-order valence-electron chi connectivity index (χ2n) is 6.76. The Labute approximate surface area is 172 Å². The SMILES string of the molecule is CC(NC(=O)CNC(=O)C(Cc1c[nH]c2ccccc12)NC(=O)C(N)CO)C(=O)O. The van der Waals surface area contributed by atoms with Gasteiger partial charge in [-0.15, -0.1) is 0 Å². The van der Waals surface area contributed by atoms with Gasteiger partial charge in [0, 0.05) is 23.5 Å². The number of aliphatic carboxylic acids is 1. The summed E-state index contributed by atoms with van der Waals surface area (Å²) in [6.45, 7) is 0.226. The Morgan fingerprint density at radius 2 is 1.83 bits per heavy atom. The van der Waals surface area contributed by atoms with Crippen molar-refractivity contribution in [1.82, 2.24) is 20.9 Å². The number of H-pyrrole nitrogens is 1. The number of benzene rings is 1. The van der Waals surface area contributed by atoms with E-state index >= 15 is 0 Å². The number of amides is 3. The first-order valence-electron chi connectivity index (χ1n) is 9.24. The minimum atomic E-state index is -1.21. The zero-order valence-corrected chi connectivity index (χ0v) is 16.3. The molecule has 11 heteroatoms. The third kappa shape index (κ3) is 6.03. The molecule has 162 valence electrons. The van der Waals surface area contributed by atoms with Crippen LogP contribution in [-0.4, -0.2) is 70.2 Å². The highest BCUT2D eigenvalue weighted by molar-refractivity contribution is 5.93. The monoisotopic (exact) mass is 419 g/mol. The fraction of sp³-hybridized carbons (Fsp3) is 0.368. The molecule has 0 spiro atoms. The predicted octanol–water partition coefficient (Wildman–Crippen LogP) is -1.78. The molecule has 1 aromatic carbocycles. The molecule has 0 aliphatic rings. The minimum absolute atomic E-state index is 0.104. The van der Waals surface area contributed by atoms with E-state index in [1.807, 2.05) is 24.3 Å².